The zero-order chi connectivity index (χ0) is 19.3. The van der Waals surface area contributed by atoms with Gasteiger partial charge >= 0.3 is 5.63 Å². The number of rotatable bonds is 7. The molecule has 3 aromatic heterocycles. The van der Waals surface area contributed by atoms with Gasteiger partial charge in [-0.1, -0.05) is 0 Å². The average molecular weight is 379 g/mol. The molecular formula is C21H17NO6. The van der Waals surface area contributed by atoms with Crippen molar-refractivity contribution in [2.45, 2.75) is 13.1 Å². The lowest BCUT2D eigenvalue weighted by atomic mass is 10.2. The summed E-state index contributed by atoms with van der Waals surface area (Å²) < 4.78 is 21.5. The van der Waals surface area contributed by atoms with Crippen LogP contribution in [0.1, 0.15) is 11.5 Å². The molecule has 0 fully saturated rings. The molecule has 4 rings (SSSR count). The third-order valence-electron chi connectivity index (χ3n) is 4.16. The second-order valence-electron chi connectivity index (χ2n) is 6.15. The highest BCUT2D eigenvalue weighted by Crippen LogP contribution is 2.20. The van der Waals surface area contributed by atoms with Gasteiger partial charge in [0, 0.05) is 17.5 Å². The minimum absolute atomic E-state index is 0.177. The van der Waals surface area contributed by atoms with E-state index in [1.165, 1.54) is 6.07 Å². The number of ether oxygens (including phenoxy) is 1. The first kappa shape index (κ1) is 17.7. The fraction of sp³-hybridized carbons (Fsp3) is 0.143. The van der Waals surface area contributed by atoms with Crippen LogP contribution in [0.25, 0.3) is 11.0 Å². The van der Waals surface area contributed by atoms with Crippen molar-refractivity contribution in [2.24, 2.45) is 0 Å². The number of benzene rings is 1. The van der Waals surface area contributed by atoms with E-state index in [4.69, 9.17) is 18.0 Å². The van der Waals surface area contributed by atoms with Crippen LogP contribution >= 0.6 is 0 Å². The van der Waals surface area contributed by atoms with E-state index in [9.17, 15) is 9.59 Å². The number of amides is 1. The Morgan fingerprint density at radius 3 is 2.25 bits per heavy atom. The second kappa shape index (κ2) is 7.87. The number of furan rings is 2. The largest absolute Gasteiger partial charge is 0.484 e. The lowest BCUT2D eigenvalue weighted by molar-refractivity contribution is -0.135. The lowest BCUT2D eigenvalue weighted by Gasteiger charge is -2.20. The Bertz CT molecular complexity index is 1080. The minimum Gasteiger partial charge on any atom is -0.484 e. The van der Waals surface area contributed by atoms with E-state index in [1.807, 2.05) is 0 Å². The predicted octanol–water partition coefficient (Wildman–Crippen LogP) is 3.59. The highest BCUT2D eigenvalue weighted by atomic mass is 16.5. The van der Waals surface area contributed by atoms with Gasteiger partial charge in [-0.2, -0.15) is 0 Å². The number of carbonyl (C=O) groups excluding carboxylic acids is 1. The normalized spacial score (nSPS) is 10.9. The summed E-state index contributed by atoms with van der Waals surface area (Å²) in [6, 6.07) is 15.2. The first-order chi connectivity index (χ1) is 13.7. The van der Waals surface area contributed by atoms with Crippen molar-refractivity contribution in [2.75, 3.05) is 6.61 Å². The van der Waals surface area contributed by atoms with Crippen LogP contribution in [-0.2, 0) is 17.9 Å². The first-order valence-corrected chi connectivity index (χ1v) is 8.67. The molecule has 7 nitrogen and oxygen atoms in total. The summed E-state index contributed by atoms with van der Waals surface area (Å²) >= 11 is 0. The van der Waals surface area contributed by atoms with Crippen LogP contribution in [0.5, 0.6) is 5.75 Å². The van der Waals surface area contributed by atoms with Gasteiger partial charge in [0.2, 0.25) is 0 Å². The van der Waals surface area contributed by atoms with Crippen LogP contribution in [0.4, 0.5) is 0 Å². The predicted molar refractivity (Wildman–Crippen MR) is 99.6 cm³/mol. The van der Waals surface area contributed by atoms with E-state index in [1.54, 1.807) is 66.0 Å². The van der Waals surface area contributed by atoms with Crippen molar-refractivity contribution >= 4 is 16.9 Å². The van der Waals surface area contributed by atoms with E-state index in [0.29, 0.717) is 35.9 Å². The van der Waals surface area contributed by atoms with Crippen LogP contribution < -0.4 is 10.4 Å². The van der Waals surface area contributed by atoms with E-state index in [-0.39, 0.29) is 12.5 Å². The molecule has 0 aliphatic rings. The van der Waals surface area contributed by atoms with E-state index in [0.717, 1.165) is 5.39 Å². The molecule has 0 N–H and O–H groups in total. The van der Waals surface area contributed by atoms with Gasteiger partial charge in [0.1, 0.15) is 22.9 Å². The number of carbonyl (C=O) groups is 1. The molecule has 0 saturated carbocycles. The number of nitrogens with zero attached hydrogens (tertiary/aromatic N) is 1. The highest BCUT2D eigenvalue weighted by Gasteiger charge is 2.18. The molecule has 0 saturated heterocycles. The van der Waals surface area contributed by atoms with Crippen LogP contribution in [0.2, 0.25) is 0 Å². The van der Waals surface area contributed by atoms with Crippen LogP contribution in [0.3, 0.4) is 0 Å². The topological polar surface area (TPSA) is 86.0 Å². The summed E-state index contributed by atoms with van der Waals surface area (Å²) in [5.74, 6) is 1.52. The Morgan fingerprint density at radius 2 is 1.61 bits per heavy atom. The fourth-order valence-corrected chi connectivity index (χ4v) is 2.78. The average Bonchev–Trinajstić information content (AvgIpc) is 3.39. The van der Waals surface area contributed by atoms with Gasteiger partial charge in [-0.05, 0) is 42.5 Å². The van der Waals surface area contributed by atoms with Gasteiger partial charge in [0.05, 0.1) is 25.6 Å². The molecule has 0 unspecified atom stereocenters. The van der Waals surface area contributed by atoms with Crippen LogP contribution in [0, 0.1) is 0 Å². The summed E-state index contributed by atoms with van der Waals surface area (Å²) in [6.45, 7) is 0.412. The molecule has 0 atom stereocenters. The minimum atomic E-state index is -0.441. The van der Waals surface area contributed by atoms with Crippen LogP contribution in [-0.4, -0.2) is 17.4 Å². The maximum Gasteiger partial charge on any atom is 0.336 e. The summed E-state index contributed by atoms with van der Waals surface area (Å²) in [4.78, 5) is 25.7. The summed E-state index contributed by atoms with van der Waals surface area (Å²) in [6.07, 6.45) is 3.12. The second-order valence-corrected chi connectivity index (χ2v) is 6.15. The summed E-state index contributed by atoms with van der Waals surface area (Å²) in [7, 11) is 0. The van der Waals surface area contributed by atoms with Gasteiger partial charge in [-0.25, -0.2) is 4.79 Å². The number of hydrogen-bond donors (Lipinski definition) is 0. The van der Waals surface area contributed by atoms with E-state index in [2.05, 4.69) is 0 Å². The molecule has 0 bridgehead atoms. The molecule has 28 heavy (non-hydrogen) atoms. The number of hydrogen-bond acceptors (Lipinski definition) is 6. The zero-order valence-corrected chi connectivity index (χ0v) is 14.9. The molecular weight excluding hydrogens is 362 g/mol. The third kappa shape index (κ3) is 4.15. The SMILES string of the molecule is O=C(COc1ccc2ccc(=O)oc2c1)N(Cc1ccco1)Cc1ccco1. The molecule has 1 aromatic carbocycles. The van der Waals surface area contributed by atoms with Gasteiger partial charge in [-0.15, -0.1) is 0 Å². The van der Waals surface area contributed by atoms with Crippen molar-refractivity contribution in [1.82, 2.24) is 4.90 Å². The Hall–Kier alpha value is -3.74. The molecule has 0 radical (unpaired) electrons. The summed E-state index contributed by atoms with van der Waals surface area (Å²) in [5.41, 5.74) is -0.0377. The molecule has 4 aromatic rings. The maximum absolute atomic E-state index is 12.7. The van der Waals surface area contributed by atoms with Crippen molar-refractivity contribution in [3.63, 3.8) is 0 Å². The standard InChI is InChI=1S/C21H17NO6/c23-20(14-27-16-7-5-15-6-8-21(24)28-19(15)11-16)22(12-17-3-1-9-25-17)13-18-4-2-10-26-18/h1-11H,12-14H2. The molecule has 0 aliphatic heterocycles. The van der Waals surface area contributed by atoms with Gasteiger partial charge in [0.25, 0.3) is 5.91 Å². The Balaban J connectivity index is 1.46. The highest BCUT2D eigenvalue weighted by molar-refractivity contribution is 5.79. The van der Waals surface area contributed by atoms with Crippen LogP contribution in [0.15, 0.2) is 85.2 Å². The Morgan fingerprint density at radius 1 is 0.929 bits per heavy atom. The van der Waals surface area contributed by atoms with Crippen molar-refractivity contribution in [3.05, 3.63) is 89.1 Å². The maximum atomic E-state index is 12.7. The molecule has 1 amide bonds. The van der Waals surface area contributed by atoms with Crippen molar-refractivity contribution < 1.29 is 22.8 Å². The molecule has 7 heteroatoms. The quantitative estimate of drug-likeness (QED) is 0.456. The van der Waals surface area contributed by atoms with E-state index < -0.39 is 5.63 Å². The molecule has 0 aliphatic carbocycles. The lowest BCUT2D eigenvalue weighted by Crippen LogP contribution is -2.33. The van der Waals surface area contributed by atoms with Gasteiger partial charge in [-0.3, -0.25) is 4.79 Å². The Labute approximate surface area is 159 Å². The molecule has 142 valence electrons. The first-order valence-electron chi connectivity index (χ1n) is 8.67. The summed E-state index contributed by atoms with van der Waals surface area (Å²) in [5, 5.41) is 0.774. The van der Waals surface area contributed by atoms with Crippen molar-refractivity contribution in [3.8, 4) is 5.75 Å². The fourth-order valence-electron chi connectivity index (χ4n) is 2.78. The number of fused-ring (bicyclic) bond motifs is 1. The molecule has 3 heterocycles. The van der Waals surface area contributed by atoms with Gasteiger partial charge < -0.3 is 22.9 Å². The van der Waals surface area contributed by atoms with E-state index >= 15 is 0 Å². The smallest absolute Gasteiger partial charge is 0.336 e. The molecule has 0 spiro atoms. The van der Waals surface area contributed by atoms with Crippen molar-refractivity contribution in [1.29, 1.82) is 0 Å². The van der Waals surface area contributed by atoms with Gasteiger partial charge in [0.15, 0.2) is 6.61 Å². The third-order valence-corrected chi connectivity index (χ3v) is 4.16. The zero-order valence-electron chi connectivity index (χ0n) is 14.9. The monoisotopic (exact) mass is 379 g/mol. The Kier molecular flexibility index (Phi) is 4.97.